The molecule has 1 heterocycles. The Kier molecular flexibility index (Phi) is 3.53. The summed E-state index contributed by atoms with van der Waals surface area (Å²) in [6, 6.07) is 0. The summed E-state index contributed by atoms with van der Waals surface area (Å²) in [5.74, 6) is 0.931. The first-order valence-corrected chi connectivity index (χ1v) is 5.05. The highest BCUT2D eigenvalue weighted by atomic mass is 127. The van der Waals surface area contributed by atoms with E-state index in [0.717, 1.165) is 10.3 Å². The van der Waals surface area contributed by atoms with Gasteiger partial charge in [0.15, 0.2) is 0 Å². The topological polar surface area (TPSA) is 47.9 Å². The first-order chi connectivity index (χ1) is 5.27. The fraction of sp³-hybridized carbons (Fsp3) is 0.833. The fourth-order valence-electron chi connectivity index (χ4n) is 1.03. The van der Waals surface area contributed by atoms with Gasteiger partial charge in [-0.3, -0.25) is 4.99 Å². The Morgan fingerprint density at radius 2 is 2.55 bits per heavy atom. The number of aliphatic hydroxyl groups is 1. The van der Waals surface area contributed by atoms with Crippen molar-refractivity contribution in [1.29, 1.82) is 0 Å². The third kappa shape index (κ3) is 2.28. The van der Waals surface area contributed by atoms with Crippen LogP contribution in [-0.2, 0) is 0 Å². The molecule has 0 aliphatic carbocycles. The number of nitrogens with zero attached hydrogens (tertiary/aromatic N) is 2. The molecule has 0 fully saturated rings. The van der Waals surface area contributed by atoms with E-state index < -0.39 is 0 Å². The van der Waals surface area contributed by atoms with Gasteiger partial charge in [0.05, 0.1) is 6.61 Å². The Balaban J connectivity index is 2.45. The van der Waals surface area contributed by atoms with Crippen LogP contribution in [0.25, 0.3) is 0 Å². The van der Waals surface area contributed by atoms with Crippen LogP contribution in [0.1, 0.15) is 6.92 Å². The van der Waals surface area contributed by atoms with Gasteiger partial charge in [0, 0.05) is 11.0 Å². The van der Waals surface area contributed by atoms with E-state index in [0.29, 0.717) is 6.54 Å². The third-order valence-electron chi connectivity index (χ3n) is 1.49. The molecule has 4 nitrogen and oxygen atoms in total. The van der Waals surface area contributed by atoms with Crippen molar-refractivity contribution in [2.24, 2.45) is 4.99 Å². The summed E-state index contributed by atoms with van der Waals surface area (Å²) in [6.07, 6.45) is 0.197. The monoisotopic (exact) mass is 269 g/mol. The van der Waals surface area contributed by atoms with Crippen LogP contribution in [0.15, 0.2) is 4.99 Å². The molecule has 0 amide bonds. The van der Waals surface area contributed by atoms with Gasteiger partial charge < -0.3 is 10.5 Å². The Morgan fingerprint density at radius 1 is 1.82 bits per heavy atom. The second-order valence-corrected chi connectivity index (χ2v) is 3.26. The van der Waals surface area contributed by atoms with Crippen molar-refractivity contribution in [2.75, 3.05) is 17.6 Å². The highest BCUT2D eigenvalue weighted by molar-refractivity contribution is 14.1. The van der Waals surface area contributed by atoms with Crippen molar-refractivity contribution in [1.82, 2.24) is 10.4 Å². The first-order valence-electron chi connectivity index (χ1n) is 3.52. The number of amidine groups is 1. The second kappa shape index (κ2) is 4.22. The van der Waals surface area contributed by atoms with Gasteiger partial charge in [0.25, 0.3) is 0 Å². The fourth-order valence-corrected chi connectivity index (χ4v) is 1.71. The highest BCUT2D eigenvalue weighted by Crippen LogP contribution is 2.07. The Morgan fingerprint density at radius 3 is 3.09 bits per heavy atom. The molecule has 0 spiro atoms. The summed E-state index contributed by atoms with van der Waals surface area (Å²) in [4.78, 5) is 4.32. The molecule has 64 valence electrons. The molecule has 0 aromatic heterocycles. The van der Waals surface area contributed by atoms with Gasteiger partial charge in [0.1, 0.15) is 12.0 Å². The van der Waals surface area contributed by atoms with Crippen LogP contribution in [0.4, 0.5) is 0 Å². The Hall–Kier alpha value is 0.120. The highest BCUT2D eigenvalue weighted by Gasteiger charge is 2.21. The molecule has 0 radical (unpaired) electrons. The zero-order valence-corrected chi connectivity index (χ0v) is 8.58. The second-order valence-electron chi connectivity index (χ2n) is 2.38. The van der Waals surface area contributed by atoms with E-state index in [9.17, 15) is 0 Å². The lowest BCUT2D eigenvalue weighted by atomic mass is 10.5. The lowest BCUT2D eigenvalue weighted by Crippen LogP contribution is -2.42. The lowest BCUT2D eigenvalue weighted by molar-refractivity contribution is 0.154. The average Bonchev–Trinajstić information content (AvgIpc) is 2.32. The number of hydrazine groups is 1. The summed E-state index contributed by atoms with van der Waals surface area (Å²) in [7, 11) is 0. The van der Waals surface area contributed by atoms with Crippen LogP contribution in [0.2, 0.25) is 0 Å². The summed E-state index contributed by atoms with van der Waals surface area (Å²) in [5.41, 5.74) is 3.07. The Labute approximate surface area is 79.8 Å². The average molecular weight is 269 g/mol. The van der Waals surface area contributed by atoms with E-state index in [2.05, 4.69) is 33.0 Å². The minimum absolute atomic E-state index is 0.170. The van der Waals surface area contributed by atoms with Crippen molar-refractivity contribution >= 4 is 28.4 Å². The van der Waals surface area contributed by atoms with Crippen LogP contribution in [0.5, 0.6) is 0 Å². The lowest BCUT2D eigenvalue weighted by Gasteiger charge is -2.19. The molecule has 1 aliphatic rings. The normalized spacial score (nSPS) is 25.0. The summed E-state index contributed by atoms with van der Waals surface area (Å²) in [5, 5.41) is 10.6. The van der Waals surface area contributed by atoms with Gasteiger partial charge in [-0.2, -0.15) is 5.01 Å². The number of nitrogens with one attached hydrogen (secondary N) is 1. The summed E-state index contributed by atoms with van der Waals surface area (Å²) in [6.45, 7) is 2.73. The molecule has 5 heteroatoms. The smallest absolute Gasteiger partial charge is 0.130 e. The number of rotatable bonds is 3. The van der Waals surface area contributed by atoms with E-state index in [1.165, 1.54) is 0 Å². The Bertz CT molecular complexity index is 162. The van der Waals surface area contributed by atoms with E-state index in [-0.39, 0.29) is 12.8 Å². The molecule has 0 aromatic carbocycles. The number of β-amino-alcohol motifs (C(OH)–C–C–N with tert-alkyl or cyclic N) is 1. The van der Waals surface area contributed by atoms with Gasteiger partial charge in [-0.1, -0.05) is 22.6 Å². The third-order valence-corrected chi connectivity index (χ3v) is 2.27. The predicted octanol–water partition coefficient (Wildman–Crippen LogP) is -0.0216. The molecule has 0 saturated heterocycles. The molecule has 0 bridgehead atoms. The van der Waals surface area contributed by atoms with Crippen LogP contribution in [0, 0.1) is 0 Å². The van der Waals surface area contributed by atoms with Crippen LogP contribution in [-0.4, -0.2) is 39.7 Å². The number of aliphatic hydroxyl groups excluding tert-OH is 1. The maximum Gasteiger partial charge on any atom is 0.130 e. The van der Waals surface area contributed by atoms with Gasteiger partial charge >= 0.3 is 0 Å². The molecular formula is C6H12IN3O. The first kappa shape index (κ1) is 9.21. The number of hydrogen-bond acceptors (Lipinski definition) is 4. The largest absolute Gasteiger partial charge is 0.395 e. The van der Waals surface area contributed by atoms with Crippen molar-refractivity contribution in [3.63, 3.8) is 0 Å². The predicted molar refractivity (Wildman–Crippen MR) is 52.7 cm³/mol. The molecular weight excluding hydrogens is 257 g/mol. The zero-order chi connectivity index (χ0) is 8.27. The van der Waals surface area contributed by atoms with Gasteiger partial charge in [-0.15, -0.1) is 0 Å². The quantitative estimate of drug-likeness (QED) is 0.559. The number of halogens is 1. The van der Waals surface area contributed by atoms with Crippen LogP contribution in [0.3, 0.4) is 0 Å². The van der Waals surface area contributed by atoms with E-state index in [1.54, 1.807) is 0 Å². The SMILES string of the molecule is CC1=NC(CI)N(CCO)N1. The maximum atomic E-state index is 8.69. The molecule has 1 atom stereocenters. The molecule has 1 rings (SSSR count). The molecule has 2 N–H and O–H groups in total. The van der Waals surface area contributed by atoms with E-state index >= 15 is 0 Å². The van der Waals surface area contributed by atoms with Gasteiger partial charge in [-0.25, -0.2) is 0 Å². The number of alkyl halides is 1. The van der Waals surface area contributed by atoms with Crippen LogP contribution < -0.4 is 5.43 Å². The molecule has 1 aliphatic heterocycles. The van der Waals surface area contributed by atoms with Crippen molar-refractivity contribution in [2.45, 2.75) is 13.1 Å². The van der Waals surface area contributed by atoms with E-state index in [4.69, 9.17) is 5.11 Å². The van der Waals surface area contributed by atoms with Crippen molar-refractivity contribution in [3.05, 3.63) is 0 Å². The molecule has 0 saturated carbocycles. The number of hydrogen-bond donors (Lipinski definition) is 2. The molecule has 1 unspecified atom stereocenters. The molecule has 0 aromatic rings. The van der Waals surface area contributed by atoms with Crippen LogP contribution >= 0.6 is 22.6 Å². The standard InChI is InChI=1S/C6H12IN3O/c1-5-8-6(4-7)10(9-5)2-3-11/h6,11H,2-4H2,1H3,(H,8,9). The summed E-state index contributed by atoms with van der Waals surface area (Å²) < 4.78 is 0.947. The van der Waals surface area contributed by atoms with Gasteiger partial charge in [0.2, 0.25) is 0 Å². The minimum Gasteiger partial charge on any atom is -0.395 e. The zero-order valence-electron chi connectivity index (χ0n) is 6.42. The van der Waals surface area contributed by atoms with Crippen molar-refractivity contribution in [3.8, 4) is 0 Å². The van der Waals surface area contributed by atoms with Crippen molar-refractivity contribution < 1.29 is 5.11 Å². The number of aliphatic imine (C=N–C) groups is 1. The van der Waals surface area contributed by atoms with Gasteiger partial charge in [-0.05, 0) is 6.92 Å². The summed E-state index contributed by atoms with van der Waals surface area (Å²) >= 11 is 2.28. The maximum absolute atomic E-state index is 8.69. The minimum atomic E-state index is 0.170. The molecule has 11 heavy (non-hydrogen) atoms. The van der Waals surface area contributed by atoms with E-state index in [1.807, 2.05) is 11.9 Å².